The standard InChI is InChI=1S/C30H46O4/c1-25(2)21-8-11-30(7)23(28(21,5)10-9-22(25)32)20(31)16-18-19-17-27(4,24(33)34)13-12-26(19,3)14-15-29(18,30)6/h16,19,21-23,32H,8-15,17H2,1-7H3,(H,33,34)/p-1/t19?,21?,22?,23?,26-,27+,28-,29+,30-/m1/s1. The van der Waals surface area contributed by atoms with Crippen LogP contribution in [0.5, 0.6) is 0 Å². The van der Waals surface area contributed by atoms with Gasteiger partial charge in [-0.2, -0.15) is 0 Å². The molecular formula is C30H45O4-. The lowest BCUT2D eigenvalue weighted by Crippen LogP contribution is -2.66. The molecule has 0 saturated heterocycles. The summed E-state index contributed by atoms with van der Waals surface area (Å²) < 4.78 is 0. The minimum absolute atomic E-state index is 0.0419. The molecule has 0 amide bonds. The van der Waals surface area contributed by atoms with Gasteiger partial charge in [-0.15, -0.1) is 0 Å². The molecule has 4 heteroatoms. The summed E-state index contributed by atoms with van der Waals surface area (Å²) in [5.41, 5.74) is -0.0781. The molecule has 1 N–H and O–H groups in total. The van der Waals surface area contributed by atoms with E-state index in [4.69, 9.17) is 0 Å². The van der Waals surface area contributed by atoms with Crippen molar-refractivity contribution in [3.05, 3.63) is 11.6 Å². The van der Waals surface area contributed by atoms with Crippen LogP contribution in [0.25, 0.3) is 0 Å². The van der Waals surface area contributed by atoms with Crippen molar-refractivity contribution in [1.29, 1.82) is 0 Å². The Morgan fingerprint density at radius 1 is 0.941 bits per heavy atom. The summed E-state index contributed by atoms with van der Waals surface area (Å²) in [4.78, 5) is 26.3. The number of aliphatic hydroxyl groups excluding tert-OH is 1. The number of rotatable bonds is 1. The van der Waals surface area contributed by atoms with E-state index >= 15 is 0 Å². The van der Waals surface area contributed by atoms with E-state index in [0.717, 1.165) is 44.9 Å². The van der Waals surface area contributed by atoms with Gasteiger partial charge in [-0.3, -0.25) is 4.79 Å². The third-order valence-corrected chi connectivity index (χ3v) is 13.0. The van der Waals surface area contributed by atoms with Gasteiger partial charge in [0.1, 0.15) is 0 Å². The molecule has 0 aromatic carbocycles. The number of ketones is 1. The van der Waals surface area contributed by atoms with Crippen LogP contribution in [-0.2, 0) is 9.59 Å². The third-order valence-electron chi connectivity index (χ3n) is 13.0. The van der Waals surface area contributed by atoms with Gasteiger partial charge in [0.15, 0.2) is 5.78 Å². The van der Waals surface area contributed by atoms with E-state index in [9.17, 15) is 19.8 Å². The van der Waals surface area contributed by atoms with Gasteiger partial charge in [0, 0.05) is 17.3 Å². The van der Waals surface area contributed by atoms with Crippen LogP contribution in [0.2, 0.25) is 0 Å². The lowest BCUT2D eigenvalue weighted by Gasteiger charge is -2.70. The van der Waals surface area contributed by atoms with E-state index in [1.165, 1.54) is 5.57 Å². The van der Waals surface area contributed by atoms with Crippen LogP contribution < -0.4 is 5.11 Å². The first kappa shape index (κ1) is 24.5. The highest BCUT2D eigenvalue weighted by Crippen LogP contribution is 2.75. The summed E-state index contributed by atoms with van der Waals surface area (Å²) in [5.74, 6) is -0.266. The van der Waals surface area contributed by atoms with Gasteiger partial charge < -0.3 is 15.0 Å². The number of aliphatic carboxylic acids is 1. The second-order valence-electron chi connectivity index (χ2n) is 14.9. The fourth-order valence-corrected chi connectivity index (χ4v) is 10.4. The number of carboxylic acids is 1. The molecule has 4 fully saturated rings. The summed E-state index contributed by atoms with van der Waals surface area (Å²) >= 11 is 0. The predicted molar refractivity (Wildman–Crippen MR) is 130 cm³/mol. The molecular weight excluding hydrogens is 424 g/mol. The smallest absolute Gasteiger partial charge is 0.159 e. The van der Waals surface area contributed by atoms with Gasteiger partial charge >= 0.3 is 0 Å². The van der Waals surface area contributed by atoms with Gasteiger partial charge in [-0.1, -0.05) is 54.0 Å². The molecule has 4 nitrogen and oxygen atoms in total. The number of aliphatic hydroxyl groups is 1. The van der Waals surface area contributed by atoms with E-state index in [2.05, 4.69) is 41.5 Å². The zero-order valence-corrected chi connectivity index (χ0v) is 22.4. The van der Waals surface area contributed by atoms with Crippen LogP contribution >= 0.6 is 0 Å². The molecule has 0 aromatic rings. The Labute approximate surface area is 206 Å². The third kappa shape index (κ3) is 2.81. The van der Waals surface area contributed by atoms with Gasteiger partial charge in [-0.05, 0) is 103 Å². The largest absolute Gasteiger partial charge is 0.550 e. The SMILES string of the molecule is CC1(C)C(O)CC[C@]2(C)C1CC[C@]1(C)C2C(=O)C=C2C3C[C@@](C)(C(=O)[O-])CC[C@]3(C)CC[C@@]21C. The highest BCUT2D eigenvalue weighted by atomic mass is 16.4. The quantitative estimate of drug-likeness (QED) is 0.581. The summed E-state index contributed by atoms with van der Waals surface area (Å²) in [6.45, 7) is 15.7. The molecule has 0 aliphatic heterocycles. The van der Waals surface area contributed by atoms with Gasteiger partial charge in [0.05, 0.1) is 6.10 Å². The Morgan fingerprint density at radius 3 is 2.24 bits per heavy atom. The van der Waals surface area contributed by atoms with E-state index in [1.807, 2.05) is 13.0 Å². The minimum Gasteiger partial charge on any atom is -0.550 e. The van der Waals surface area contributed by atoms with Crippen LogP contribution in [0.1, 0.15) is 106 Å². The first-order chi connectivity index (χ1) is 15.6. The van der Waals surface area contributed by atoms with Crippen molar-refractivity contribution >= 4 is 11.8 Å². The number of hydrogen-bond donors (Lipinski definition) is 1. The highest BCUT2D eigenvalue weighted by Gasteiger charge is 2.70. The Hall–Kier alpha value is -1.16. The van der Waals surface area contributed by atoms with Gasteiger partial charge in [0.2, 0.25) is 0 Å². The molecule has 5 aliphatic rings. The number of carbonyl (C=O) groups is 2. The number of allylic oxidation sites excluding steroid dienone is 2. The maximum atomic E-state index is 14.2. The molecule has 0 heterocycles. The maximum absolute atomic E-state index is 14.2. The van der Waals surface area contributed by atoms with Crippen molar-refractivity contribution in [1.82, 2.24) is 0 Å². The minimum atomic E-state index is -0.940. The Morgan fingerprint density at radius 2 is 1.59 bits per heavy atom. The van der Waals surface area contributed by atoms with Crippen LogP contribution in [0, 0.1) is 50.2 Å². The van der Waals surface area contributed by atoms with Crippen LogP contribution in [0.3, 0.4) is 0 Å². The van der Waals surface area contributed by atoms with Gasteiger partial charge in [0.25, 0.3) is 0 Å². The summed E-state index contributed by atoms with van der Waals surface area (Å²) in [7, 11) is 0. The Bertz CT molecular complexity index is 965. The lowest BCUT2D eigenvalue weighted by molar-refractivity contribution is -0.321. The van der Waals surface area contributed by atoms with Crippen LogP contribution in [-0.4, -0.2) is 23.0 Å². The summed E-state index contributed by atoms with van der Waals surface area (Å²) in [6, 6.07) is 0. The normalized spacial score (nSPS) is 54.1. The van der Waals surface area contributed by atoms with E-state index < -0.39 is 11.4 Å². The molecule has 0 bridgehead atoms. The number of carbonyl (C=O) groups excluding carboxylic acids is 2. The molecule has 5 aliphatic carbocycles. The van der Waals surface area contributed by atoms with Crippen molar-refractivity contribution < 1.29 is 19.8 Å². The molecule has 4 unspecified atom stereocenters. The molecule has 0 radical (unpaired) electrons. The second kappa shape index (κ2) is 6.99. The predicted octanol–water partition coefficient (Wildman–Crippen LogP) is 5.08. The monoisotopic (exact) mass is 469 g/mol. The number of carboxylic acid groups (broad SMARTS) is 1. The number of hydrogen-bond acceptors (Lipinski definition) is 4. The molecule has 9 atom stereocenters. The first-order valence-electron chi connectivity index (χ1n) is 13.7. The second-order valence-corrected chi connectivity index (χ2v) is 14.9. The molecule has 0 aromatic heterocycles. The molecule has 190 valence electrons. The first-order valence-corrected chi connectivity index (χ1v) is 13.7. The summed E-state index contributed by atoms with van der Waals surface area (Å²) in [5, 5.41) is 23.0. The van der Waals surface area contributed by atoms with Crippen molar-refractivity contribution in [3.63, 3.8) is 0 Å². The van der Waals surface area contributed by atoms with Crippen molar-refractivity contribution in [3.8, 4) is 0 Å². The van der Waals surface area contributed by atoms with E-state index in [0.29, 0.717) is 18.8 Å². The molecule has 0 spiro atoms. The van der Waals surface area contributed by atoms with Crippen molar-refractivity contribution in [2.75, 3.05) is 0 Å². The fourth-order valence-electron chi connectivity index (χ4n) is 10.4. The van der Waals surface area contributed by atoms with Gasteiger partial charge in [-0.25, -0.2) is 0 Å². The topological polar surface area (TPSA) is 77.4 Å². The zero-order valence-electron chi connectivity index (χ0n) is 22.4. The summed E-state index contributed by atoms with van der Waals surface area (Å²) in [6.07, 6.45) is 9.69. The molecule has 4 saturated carbocycles. The molecule has 34 heavy (non-hydrogen) atoms. The average Bonchev–Trinajstić information content (AvgIpc) is 2.73. The highest BCUT2D eigenvalue weighted by molar-refractivity contribution is 5.95. The molecule has 5 rings (SSSR count). The van der Waals surface area contributed by atoms with Crippen LogP contribution in [0.4, 0.5) is 0 Å². The Kier molecular flexibility index (Phi) is 5.04. The fraction of sp³-hybridized carbons (Fsp3) is 0.867. The lowest BCUT2D eigenvalue weighted by atomic mass is 9.33. The van der Waals surface area contributed by atoms with E-state index in [-0.39, 0.29) is 50.8 Å². The van der Waals surface area contributed by atoms with Crippen molar-refractivity contribution in [2.45, 2.75) is 112 Å². The van der Waals surface area contributed by atoms with E-state index in [1.54, 1.807) is 0 Å². The number of fused-ring (bicyclic) bond motifs is 7. The maximum Gasteiger partial charge on any atom is 0.159 e. The van der Waals surface area contributed by atoms with Crippen LogP contribution in [0.15, 0.2) is 11.6 Å². The van der Waals surface area contributed by atoms with Crippen molar-refractivity contribution in [2.24, 2.45) is 50.2 Å². The Balaban J connectivity index is 1.62. The zero-order chi connectivity index (χ0) is 25.1. The average molecular weight is 470 g/mol.